The van der Waals surface area contributed by atoms with E-state index >= 15 is 0 Å². The number of anilines is 1. The van der Waals surface area contributed by atoms with E-state index in [4.69, 9.17) is 0 Å². The molecule has 15 heavy (non-hydrogen) atoms. The molecule has 2 rings (SSSR count). The molecule has 0 N–H and O–H groups in total. The molecule has 1 aromatic rings. The number of carbonyl (C=O) groups excluding carboxylic acids is 1. The Hall–Kier alpha value is -0.550. The molecule has 0 atom stereocenters. The van der Waals surface area contributed by atoms with Crippen molar-refractivity contribution in [3.8, 4) is 0 Å². The smallest absolute Gasteiger partial charge is 0.185 e. The Morgan fingerprint density at radius 3 is 3.07 bits per heavy atom. The van der Waals surface area contributed by atoms with Gasteiger partial charge in [0.25, 0.3) is 0 Å². The average molecular weight is 242 g/mol. The highest BCUT2D eigenvalue weighted by Gasteiger charge is 2.14. The molecule has 82 valence electrons. The first-order valence-corrected chi connectivity index (χ1v) is 7.10. The molecular formula is C10H14N2OS2. The van der Waals surface area contributed by atoms with Gasteiger partial charge >= 0.3 is 0 Å². The zero-order valence-electron chi connectivity index (χ0n) is 8.73. The van der Waals surface area contributed by atoms with Crippen LogP contribution in [0.5, 0.6) is 0 Å². The molecule has 2 heterocycles. The van der Waals surface area contributed by atoms with Crippen LogP contribution < -0.4 is 4.90 Å². The van der Waals surface area contributed by atoms with Crippen LogP contribution in [0.4, 0.5) is 5.13 Å². The molecule has 1 aromatic heterocycles. The molecule has 1 fully saturated rings. The van der Waals surface area contributed by atoms with Gasteiger partial charge in [0, 0.05) is 31.1 Å². The van der Waals surface area contributed by atoms with Crippen LogP contribution in [-0.2, 0) is 0 Å². The molecule has 0 amide bonds. The Morgan fingerprint density at radius 1 is 1.47 bits per heavy atom. The van der Waals surface area contributed by atoms with Crippen molar-refractivity contribution in [3.63, 3.8) is 0 Å². The van der Waals surface area contributed by atoms with Crippen molar-refractivity contribution in [2.75, 3.05) is 29.5 Å². The molecule has 1 aliphatic heterocycles. The van der Waals surface area contributed by atoms with E-state index in [9.17, 15) is 4.79 Å². The first-order chi connectivity index (χ1) is 7.27. The number of carbonyl (C=O) groups is 1. The van der Waals surface area contributed by atoms with Crippen LogP contribution in [0.15, 0.2) is 5.38 Å². The van der Waals surface area contributed by atoms with Crippen LogP contribution in [0.2, 0.25) is 0 Å². The molecule has 1 saturated heterocycles. The van der Waals surface area contributed by atoms with Gasteiger partial charge in [0.2, 0.25) is 0 Å². The van der Waals surface area contributed by atoms with E-state index in [2.05, 4.69) is 9.88 Å². The summed E-state index contributed by atoms with van der Waals surface area (Å²) in [6.07, 6.45) is 1.21. The van der Waals surface area contributed by atoms with Crippen molar-refractivity contribution in [1.82, 2.24) is 4.98 Å². The van der Waals surface area contributed by atoms with E-state index in [-0.39, 0.29) is 5.78 Å². The van der Waals surface area contributed by atoms with Crippen molar-refractivity contribution in [3.05, 3.63) is 11.1 Å². The lowest BCUT2D eigenvalue weighted by molar-refractivity contribution is 0.101. The summed E-state index contributed by atoms with van der Waals surface area (Å²) in [6.45, 7) is 3.69. The number of hydrogen-bond acceptors (Lipinski definition) is 5. The maximum atomic E-state index is 11.1. The van der Waals surface area contributed by atoms with E-state index in [0.29, 0.717) is 5.69 Å². The van der Waals surface area contributed by atoms with E-state index in [1.165, 1.54) is 12.2 Å². The summed E-state index contributed by atoms with van der Waals surface area (Å²) in [5.41, 5.74) is 0.604. The molecule has 3 nitrogen and oxygen atoms in total. The largest absolute Gasteiger partial charge is 0.347 e. The number of Topliss-reactive ketones (excluding diaryl/α,β-unsaturated/α-hetero) is 1. The topological polar surface area (TPSA) is 33.2 Å². The van der Waals surface area contributed by atoms with Gasteiger partial charge in [0.15, 0.2) is 10.9 Å². The zero-order valence-corrected chi connectivity index (χ0v) is 10.4. The Morgan fingerprint density at radius 2 is 2.33 bits per heavy atom. The molecule has 5 heteroatoms. The third-order valence-electron chi connectivity index (χ3n) is 2.35. The Labute approximate surface area is 97.9 Å². The first kappa shape index (κ1) is 11.0. The van der Waals surface area contributed by atoms with Gasteiger partial charge in [-0.05, 0) is 12.2 Å². The third-order valence-corrected chi connectivity index (χ3v) is 4.30. The van der Waals surface area contributed by atoms with Crippen molar-refractivity contribution in [2.45, 2.75) is 13.3 Å². The van der Waals surface area contributed by atoms with Crippen molar-refractivity contribution < 1.29 is 4.79 Å². The molecule has 0 aromatic carbocycles. The van der Waals surface area contributed by atoms with Crippen LogP contribution in [0, 0.1) is 0 Å². The van der Waals surface area contributed by atoms with Crippen LogP contribution in [0.1, 0.15) is 23.8 Å². The summed E-state index contributed by atoms with van der Waals surface area (Å²) in [5.74, 6) is 2.46. The summed E-state index contributed by atoms with van der Waals surface area (Å²) < 4.78 is 0. The van der Waals surface area contributed by atoms with Gasteiger partial charge in [-0.15, -0.1) is 11.3 Å². The third kappa shape index (κ3) is 2.72. The highest BCUT2D eigenvalue weighted by Crippen LogP contribution is 2.23. The molecule has 0 spiro atoms. The molecule has 0 unspecified atom stereocenters. The monoisotopic (exact) mass is 242 g/mol. The van der Waals surface area contributed by atoms with E-state index in [0.717, 1.165) is 24.0 Å². The second-order valence-electron chi connectivity index (χ2n) is 3.52. The lowest BCUT2D eigenvalue weighted by Gasteiger charge is -2.18. The van der Waals surface area contributed by atoms with Crippen LogP contribution >= 0.6 is 23.1 Å². The fraction of sp³-hybridized carbons (Fsp3) is 0.600. The van der Waals surface area contributed by atoms with Crippen LogP contribution in [0.3, 0.4) is 0 Å². The van der Waals surface area contributed by atoms with Crippen molar-refractivity contribution >= 4 is 34.0 Å². The van der Waals surface area contributed by atoms with E-state index in [1.54, 1.807) is 18.3 Å². The lowest BCUT2D eigenvalue weighted by Crippen LogP contribution is -2.25. The van der Waals surface area contributed by atoms with E-state index in [1.807, 2.05) is 17.1 Å². The number of hydrogen-bond donors (Lipinski definition) is 0. The number of ketones is 1. The van der Waals surface area contributed by atoms with E-state index < -0.39 is 0 Å². The minimum atomic E-state index is 0.0571. The number of thiazole rings is 1. The normalized spacial score (nSPS) is 17.5. The average Bonchev–Trinajstić information content (AvgIpc) is 2.55. The Balaban J connectivity index is 2.10. The van der Waals surface area contributed by atoms with Gasteiger partial charge in [-0.1, -0.05) is 0 Å². The molecule has 0 aliphatic carbocycles. The van der Waals surface area contributed by atoms with Gasteiger partial charge in [-0.2, -0.15) is 11.8 Å². The molecule has 0 saturated carbocycles. The van der Waals surface area contributed by atoms with Crippen molar-refractivity contribution in [1.29, 1.82) is 0 Å². The standard InChI is InChI=1S/C10H14N2OS2/c1-8(13)9-7-15-10(11-9)12-3-2-5-14-6-4-12/h7H,2-6H2,1H3. The SMILES string of the molecule is CC(=O)c1csc(N2CCCSCC2)n1. The zero-order chi connectivity index (χ0) is 10.7. The van der Waals surface area contributed by atoms with Gasteiger partial charge in [0.1, 0.15) is 5.69 Å². The maximum absolute atomic E-state index is 11.1. The lowest BCUT2D eigenvalue weighted by atomic mass is 10.4. The predicted octanol–water partition coefficient (Wildman–Crippen LogP) is 2.29. The number of nitrogens with zero attached hydrogens (tertiary/aromatic N) is 2. The number of aromatic nitrogens is 1. The number of rotatable bonds is 2. The predicted molar refractivity (Wildman–Crippen MR) is 66.3 cm³/mol. The van der Waals surface area contributed by atoms with Crippen LogP contribution in [0.25, 0.3) is 0 Å². The quantitative estimate of drug-likeness (QED) is 0.745. The minimum absolute atomic E-state index is 0.0571. The van der Waals surface area contributed by atoms with Gasteiger partial charge in [-0.3, -0.25) is 4.79 Å². The highest BCUT2D eigenvalue weighted by molar-refractivity contribution is 7.99. The fourth-order valence-electron chi connectivity index (χ4n) is 1.51. The highest BCUT2D eigenvalue weighted by atomic mass is 32.2. The molecular weight excluding hydrogens is 228 g/mol. The molecule has 1 aliphatic rings. The summed E-state index contributed by atoms with van der Waals surface area (Å²) in [4.78, 5) is 17.8. The first-order valence-electron chi connectivity index (χ1n) is 5.06. The second kappa shape index (κ2) is 4.99. The summed E-state index contributed by atoms with van der Waals surface area (Å²) in [5, 5.41) is 2.86. The van der Waals surface area contributed by atoms with Crippen LogP contribution in [-0.4, -0.2) is 35.4 Å². The molecule has 0 bridgehead atoms. The Bertz CT molecular complexity index is 343. The summed E-state index contributed by atoms with van der Waals surface area (Å²) >= 11 is 3.57. The maximum Gasteiger partial charge on any atom is 0.185 e. The van der Waals surface area contributed by atoms with Gasteiger partial charge < -0.3 is 4.90 Å². The van der Waals surface area contributed by atoms with Gasteiger partial charge in [-0.25, -0.2) is 4.98 Å². The molecule has 0 radical (unpaired) electrons. The minimum Gasteiger partial charge on any atom is -0.347 e. The van der Waals surface area contributed by atoms with Crippen molar-refractivity contribution in [2.24, 2.45) is 0 Å². The summed E-state index contributed by atoms with van der Waals surface area (Å²) in [7, 11) is 0. The Kier molecular flexibility index (Phi) is 3.64. The summed E-state index contributed by atoms with van der Waals surface area (Å²) in [6, 6.07) is 0. The van der Waals surface area contributed by atoms with Gasteiger partial charge in [0.05, 0.1) is 0 Å². The fourth-order valence-corrected chi connectivity index (χ4v) is 3.31. The number of thioether (sulfide) groups is 1. The second-order valence-corrected chi connectivity index (χ2v) is 5.59.